The van der Waals surface area contributed by atoms with Crippen molar-refractivity contribution in [3.05, 3.63) is 85.1 Å². The Morgan fingerprint density at radius 3 is 0.926 bits per heavy atom. The molecular weight excluding hydrogens is 841 g/mol. The quantitative estimate of drug-likeness (QED) is 0.0262. The Labute approximate surface area is 420 Å². The maximum Gasteiger partial charge on any atom is 0.306 e. The first kappa shape index (κ1) is 64.6. The number of rotatable bonds is 51. The molecule has 1 unspecified atom stereocenters. The topological polar surface area (TPSA) is 78.9 Å². The van der Waals surface area contributed by atoms with Crippen molar-refractivity contribution >= 4 is 17.9 Å². The van der Waals surface area contributed by atoms with Gasteiger partial charge in [0.15, 0.2) is 6.10 Å². The third-order valence-corrected chi connectivity index (χ3v) is 12.3. The number of esters is 3. The van der Waals surface area contributed by atoms with E-state index in [0.717, 1.165) is 83.5 Å². The third-order valence-electron chi connectivity index (χ3n) is 12.3. The minimum absolute atomic E-state index is 0.0994. The number of hydrogen-bond donors (Lipinski definition) is 0. The van der Waals surface area contributed by atoms with Gasteiger partial charge in [-0.1, -0.05) is 273 Å². The molecule has 0 amide bonds. The van der Waals surface area contributed by atoms with Crippen LogP contribution in [0, 0.1) is 0 Å². The summed E-state index contributed by atoms with van der Waals surface area (Å²) in [5, 5.41) is 0. The third kappa shape index (κ3) is 53.5. The number of hydrogen-bond acceptors (Lipinski definition) is 6. The Bertz CT molecular complexity index is 1320. The van der Waals surface area contributed by atoms with E-state index in [1.54, 1.807) is 0 Å². The Morgan fingerprint density at radius 1 is 0.309 bits per heavy atom. The fourth-order valence-corrected chi connectivity index (χ4v) is 7.98. The Kier molecular flexibility index (Phi) is 53.4. The highest BCUT2D eigenvalue weighted by molar-refractivity contribution is 5.71. The van der Waals surface area contributed by atoms with Crippen molar-refractivity contribution in [3.63, 3.8) is 0 Å². The molecule has 0 aliphatic rings. The number of carbonyl (C=O) groups excluding carboxylic acids is 3. The molecule has 0 saturated heterocycles. The average molecular weight is 948 g/mol. The molecule has 390 valence electrons. The van der Waals surface area contributed by atoms with Crippen molar-refractivity contribution in [1.29, 1.82) is 0 Å². The second-order valence-corrected chi connectivity index (χ2v) is 19.0. The molecule has 0 spiro atoms. The largest absolute Gasteiger partial charge is 0.462 e. The van der Waals surface area contributed by atoms with E-state index in [1.165, 1.54) is 148 Å². The molecule has 0 saturated carbocycles. The lowest BCUT2D eigenvalue weighted by Gasteiger charge is -2.18. The summed E-state index contributed by atoms with van der Waals surface area (Å²) in [5.41, 5.74) is 0. The van der Waals surface area contributed by atoms with Gasteiger partial charge in [0.1, 0.15) is 13.2 Å². The van der Waals surface area contributed by atoms with Crippen molar-refractivity contribution in [3.8, 4) is 0 Å². The van der Waals surface area contributed by atoms with Gasteiger partial charge in [-0.05, 0) is 64.2 Å². The molecule has 0 fully saturated rings. The minimum atomic E-state index is -0.807. The first-order chi connectivity index (χ1) is 33.5. The van der Waals surface area contributed by atoms with E-state index in [1.807, 2.05) is 48.6 Å². The lowest BCUT2D eigenvalue weighted by atomic mass is 10.0. The predicted molar refractivity (Wildman–Crippen MR) is 293 cm³/mol. The molecular formula is C62H106O6. The van der Waals surface area contributed by atoms with Crippen LogP contribution in [0.3, 0.4) is 0 Å². The smallest absolute Gasteiger partial charge is 0.306 e. The van der Waals surface area contributed by atoms with Crippen LogP contribution in [0.15, 0.2) is 85.1 Å². The van der Waals surface area contributed by atoms with Gasteiger partial charge in [0.2, 0.25) is 0 Å². The SMILES string of the molecule is CC\C=C/C=C\C=C/C=C\C=C/CCCCCC(=O)OCC(COC(=O)CCCCCCCCCCCCCCCCCCCCC)OC(=O)CCCCC/C=C\C=C/CCCCCCCCC. The van der Waals surface area contributed by atoms with E-state index in [-0.39, 0.29) is 37.5 Å². The predicted octanol–water partition coefficient (Wildman–Crippen LogP) is 19.2. The zero-order valence-corrected chi connectivity index (χ0v) is 44.6. The summed E-state index contributed by atoms with van der Waals surface area (Å²) in [6.07, 6.45) is 72.9. The Balaban J connectivity index is 4.45. The fourth-order valence-electron chi connectivity index (χ4n) is 7.98. The maximum atomic E-state index is 12.8. The minimum Gasteiger partial charge on any atom is -0.462 e. The molecule has 6 heteroatoms. The standard InChI is InChI=1S/C62H106O6/c1-4-7-10-13-16-19-22-25-28-30-31-32-35-37-40-43-46-49-52-55-61(64)67-58-59(57-66-60(63)54-51-48-45-42-39-36-33-27-24-21-18-15-12-9-6-3)68-62(65)56-53-50-47-44-41-38-34-29-26-23-20-17-14-11-8-5-2/h9,12,15,18,21,24,27,29,33-34,36,38-39,41,59H,4-8,10-11,13-14,16-17,19-20,22-23,25-26,28,30-32,35,37,40,42-58H2,1-3H3/b12-9-,18-15-,24-21-,33-27-,34-29-,39-36-,41-38-. The number of carbonyl (C=O) groups is 3. The van der Waals surface area contributed by atoms with Crippen molar-refractivity contribution in [2.75, 3.05) is 13.2 Å². The molecule has 1 atom stereocenters. The van der Waals surface area contributed by atoms with Crippen LogP contribution in [0.2, 0.25) is 0 Å². The normalized spacial score (nSPS) is 12.7. The van der Waals surface area contributed by atoms with Crippen LogP contribution in [-0.2, 0) is 28.6 Å². The van der Waals surface area contributed by atoms with Gasteiger partial charge in [-0.15, -0.1) is 0 Å². The van der Waals surface area contributed by atoms with Gasteiger partial charge in [0, 0.05) is 19.3 Å². The highest BCUT2D eigenvalue weighted by Gasteiger charge is 2.19. The molecule has 0 radical (unpaired) electrons. The molecule has 6 nitrogen and oxygen atoms in total. The second-order valence-electron chi connectivity index (χ2n) is 19.0. The molecule has 0 aliphatic heterocycles. The van der Waals surface area contributed by atoms with Gasteiger partial charge >= 0.3 is 17.9 Å². The zero-order chi connectivity index (χ0) is 49.3. The van der Waals surface area contributed by atoms with Crippen molar-refractivity contribution < 1.29 is 28.6 Å². The van der Waals surface area contributed by atoms with E-state index < -0.39 is 6.10 Å². The van der Waals surface area contributed by atoms with Crippen LogP contribution >= 0.6 is 0 Å². The molecule has 0 aromatic carbocycles. The number of allylic oxidation sites excluding steroid dienone is 14. The van der Waals surface area contributed by atoms with E-state index in [4.69, 9.17) is 14.2 Å². The van der Waals surface area contributed by atoms with E-state index in [2.05, 4.69) is 57.2 Å². The van der Waals surface area contributed by atoms with Gasteiger partial charge in [-0.3, -0.25) is 14.4 Å². The van der Waals surface area contributed by atoms with E-state index in [0.29, 0.717) is 12.8 Å². The van der Waals surface area contributed by atoms with Gasteiger partial charge < -0.3 is 14.2 Å². The van der Waals surface area contributed by atoms with Crippen LogP contribution < -0.4 is 0 Å². The number of ether oxygens (including phenoxy) is 3. The molecule has 0 rings (SSSR count). The highest BCUT2D eigenvalue weighted by Crippen LogP contribution is 2.16. The molecule has 0 N–H and O–H groups in total. The van der Waals surface area contributed by atoms with Crippen molar-refractivity contribution in [2.24, 2.45) is 0 Å². The van der Waals surface area contributed by atoms with Crippen LogP contribution in [0.1, 0.15) is 271 Å². The van der Waals surface area contributed by atoms with Crippen molar-refractivity contribution in [2.45, 2.75) is 277 Å². The van der Waals surface area contributed by atoms with Crippen LogP contribution in [0.4, 0.5) is 0 Å². The van der Waals surface area contributed by atoms with Gasteiger partial charge in [-0.2, -0.15) is 0 Å². The van der Waals surface area contributed by atoms with Gasteiger partial charge in [0.05, 0.1) is 0 Å². The molecule has 0 bridgehead atoms. The van der Waals surface area contributed by atoms with E-state index in [9.17, 15) is 14.4 Å². The summed E-state index contributed by atoms with van der Waals surface area (Å²) >= 11 is 0. The molecule has 0 aromatic rings. The summed E-state index contributed by atoms with van der Waals surface area (Å²) in [5.74, 6) is -0.962. The summed E-state index contributed by atoms with van der Waals surface area (Å²) < 4.78 is 16.8. The van der Waals surface area contributed by atoms with Crippen molar-refractivity contribution in [1.82, 2.24) is 0 Å². The van der Waals surface area contributed by atoms with Crippen LogP contribution in [-0.4, -0.2) is 37.2 Å². The van der Waals surface area contributed by atoms with Crippen LogP contribution in [0.5, 0.6) is 0 Å². The molecule has 0 heterocycles. The monoisotopic (exact) mass is 947 g/mol. The molecule has 0 aromatic heterocycles. The molecule has 68 heavy (non-hydrogen) atoms. The summed E-state index contributed by atoms with van der Waals surface area (Å²) in [4.78, 5) is 38.1. The highest BCUT2D eigenvalue weighted by atomic mass is 16.6. The van der Waals surface area contributed by atoms with E-state index >= 15 is 0 Å². The van der Waals surface area contributed by atoms with Crippen LogP contribution in [0.25, 0.3) is 0 Å². The van der Waals surface area contributed by atoms with Gasteiger partial charge in [-0.25, -0.2) is 0 Å². The fraction of sp³-hybridized carbons (Fsp3) is 0.726. The summed E-state index contributed by atoms with van der Waals surface area (Å²) in [6.45, 7) is 6.45. The summed E-state index contributed by atoms with van der Waals surface area (Å²) in [7, 11) is 0. The Morgan fingerprint density at radius 2 is 0.574 bits per heavy atom. The first-order valence-electron chi connectivity index (χ1n) is 28.7. The Hall–Kier alpha value is -3.41. The first-order valence-corrected chi connectivity index (χ1v) is 28.7. The average Bonchev–Trinajstić information content (AvgIpc) is 3.34. The lowest BCUT2D eigenvalue weighted by Crippen LogP contribution is -2.30. The molecule has 0 aliphatic carbocycles. The second kappa shape index (κ2) is 56.2. The number of unbranched alkanes of at least 4 members (excludes halogenated alkanes) is 31. The summed E-state index contributed by atoms with van der Waals surface area (Å²) in [6, 6.07) is 0. The lowest BCUT2D eigenvalue weighted by molar-refractivity contribution is -0.167. The van der Waals surface area contributed by atoms with Gasteiger partial charge in [0.25, 0.3) is 0 Å². The maximum absolute atomic E-state index is 12.8. The zero-order valence-electron chi connectivity index (χ0n) is 44.6.